The van der Waals surface area contributed by atoms with Crippen molar-refractivity contribution in [2.24, 2.45) is 0 Å². The van der Waals surface area contributed by atoms with E-state index in [2.05, 4.69) is 11.4 Å². The Morgan fingerprint density at radius 2 is 1.85 bits per heavy atom. The maximum atomic E-state index is 13.0. The fourth-order valence-electron chi connectivity index (χ4n) is 4.19. The lowest BCUT2D eigenvalue weighted by atomic mass is 10.1. The fraction of sp³-hybridized carbons (Fsp3) is 0.185. The molecule has 6 nitrogen and oxygen atoms in total. The molecule has 0 aliphatic carbocycles. The summed E-state index contributed by atoms with van der Waals surface area (Å²) in [6.45, 7) is 3.30. The highest BCUT2D eigenvalue weighted by Gasteiger charge is 2.25. The molecule has 0 saturated heterocycles. The van der Waals surface area contributed by atoms with Crippen LogP contribution in [0, 0.1) is 0 Å². The van der Waals surface area contributed by atoms with Crippen molar-refractivity contribution in [3.05, 3.63) is 89.0 Å². The molecule has 2 aliphatic heterocycles. The van der Waals surface area contributed by atoms with E-state index in [9.17, 15) is 9.59 Å². The van der Waals surface area contributed by atoms with Crippen molar-refractivity contribution in [1.29, 1.82) is 0 Å². The third-order valence-corrected chi connectivity index (χ3v) is 5.82. The number of benzene rings is 3. The molecule has 6 heteroatoms. The van der Waals surface area contributed by atoms with Gasteiger partial charge in [-0.05, 0) is 61.4 Å². The van der Waals surface area contributed by atoms with Crippen LogP contribution in [0.5, 0.6) is 11.5 Å². The number of anilines is 2. The lowest BCUT2D eigenvalue weighted by molar-refractivity contribution is -0.113. The molecule has 0 saturated carbocycles. The summed E-state index contributed by atoms with van der Waals surface area (Å²) >= 11 is 0. The number of ether oxygens (including phenoxy) is 2. The van der Waals surface area contributed by atoms with Gasteiger partial charge >= 0.3 is 0 Å². The maximum absolute atomic E-state index is 13.0. The second kappa shape index (κ2) is 8.82. The number of carbonyl (C=O) groups is 2. The normalized spacial score (nSPS) is 14.0. The number of nitrogens with zero attached hydrogens (tertiary/aromatic N) is 1. The summed E-state index contributed by atoms with van der Waals surface area (Å²) in [6, 6.07) is 20.6. The van der Waals surface area contributed by atoms with Gasteiger partial charge in [0.25, 0.3) is 11.8 Å². The SMILES string of the molecule is CCOc1cccc2c1OCC(C(=O)Nc1ccc(C(=O)N3CCc4ccccc43)cc1)=C2. The summed E-state index contributed by atoms with van der Waals surface area (Å²) in [5.74, 6) is 1.05. The quantitative estimate of drug-likeness (QED) is 0.624. The van der Waals surface area contributed by atoms with E-state index in [1.165, 1.54) is 5.56 Å². The second-order valence-corrected chi connectivity index (χ2v) is 7.93. The molecule has 2 amide bonds. The van der Waals surface area contributed by atoms with Crippen LogP contribution in [0.1, 0.15) is 28.4 Å². The predicted octanol–water partition coefficient (Wildman–Crippen LogP) is 4.70. The minimum absolute atomic E-state index is 0.0390. The van der Waals surface area contributed by atoms with Gasteiger partial charge in [-0.15, -0.1) is 0 Å². The number of hydrogen-bond donors (Lipinski definition) is 1. The number of amides is 2. The van der Waals surface area contributed by atoms with Crippen molar-refractivity contribution in [2.45, 2.75) is 13.3 Å². The van der Waals surface area contributed by atoms with Crippen LogP contribution in [-0.4, -0.2) is 31.6 Å². The molecule has 0 atom stereocenters. The number of carbonyl (C=O) groups excluding carboxylic acids is 2. The third-order valence-electron chi connectivity index (χ3n) is 5.82. The number of fused-ring (bicyclic) bond motifs is 2. The van der Waals surface area contributed by atoms with Gasteiger partial charge in [-0.1, -0.05) is 30.3 Å². The first-order valence-electron chi connectivity index (χ1n) is 11.0. The molecule has 2 aliphatic rings. The Kier molecular flexibility index (Phi) is 5.57. The van der Waals surface area contributed by atoms with Gasteiger partial charge < -0.3 is 19.7 Å². The van der Waals surface area contributed by atoms with Gasteiger partial charge in [0.2, 0.25) is 0 Å². The topological polar surface area (TPSA) is 67.9 Å². The van der Waals surface area contributed by atoms with Crippen molar-refractivity contribution in [1.82, 2.24) is 0 Å². The first-order chi connectivity index (χ1) is 16.1. The summed E-state index contributed by atoms with van der Waals surface area (Å²) in [4.78, 5) is 27.6. The maximum Gasteiger partial charge on any atom is 0.258 e. The molecule has 0 spiro atoms. The lowest BCUT2D eigenvalue weighted by Crippen LogP contribution is -2.28. The average Bonchev–Trinajstić information content (AvgIpc) is 3.28. The molecule has 5 rings (SSSR count). The molecule has 0 fully saturated rings. The van der Waals surface area contributed by atoms with E-state index in [0.717, 1.165) is 17.7 Å². The zero-order valence-corrected chi connectivity index (χ0v) is 18.3. The molecular formula is C27H24N2O4. The van der Waals surface area contributed by atoms with Gasteiger partial charge in [-0.3, -0.25) is 9.59 Å². The van der Waals surface area contributed by atoms with E-state index in [1.807, 2.05) is 49.4 Å². The van der Waals surface area contributed by atoms with Crippen LogP contribution in [0.15, 0.2) is 72.3 Å². The average molecular weight is 440 g/mol. The first kappa shape index (κ1) is 20.8. The van der Waals surface area contributed by atoms with Gasteiger partial charge in [0.15, 0.2) is 11.5 Å². The molecule has 0 radical (unpaired) electrons. The van der Waals surface area contributed by atoms with E-state index in [4.69, 9.17) is 9.47 Å². The smallest absolute Gasteiger partial charge is 0.258 e. The van der Waals surface area contributed by atoms with Crippen LogP contribution >= 0.6 is 0 Å². The Labute approximate surface area is 192 Å². The van der Waals surface area contributed by atoms with E-state index < -0.39 is 0 Å². The van der Waals surface area contributed by atoms with Crippen LogP contribution in [0.25, 0.3) is 6.08 Å². The molecule has 0 aromatic heterocycles. The zero-order chi connectivity index (χ0) is 22.8. The van der Waals surface area contributed by atoms with Crippen LogP contribution in [-0.2, 0) is 11.2 Å². The van der Waals surface area contributed by atoms with Crippen molar-refractivity contribution in [3.8, 4) is 11.5 Å². The second-order valence-electron chi connectivity index (χ2n) is 7.93. The highest BCUT2D eigenvalue weighted by molar-refractivity contribution is 6.09. The van der Waals surface area contributed by atoms with E-state index in [1.54, 1.807) is 29.2 Å². The first-order valence-corrected chi connectivity index (χ1v) is 11.0. The Hall–Kier alpha value is -4.06. The highest BCUT2D eigenvalue weighted by Crippen LogP contribution is 2.36. The van der Waals surface area contributed by atoms with Crippen molar-refractivity contribution in [3.63, 3.8) is 0 Å². The van der Waals surface area contributed by atoms with Crippen LogP contribution in [0.2, 0.25) is 0 Å². The molecule has 2 heterocycles. The third kappa shape index (κ3) is 4.07. The summed E-state index contributed by atoms with van der Waals surface area (Å²) in [6.07, 6.45) is 2.68. The van der Waals surface area contributed by atoms with Gasteiger partial charge in [0.05, 0.1) is 12.2 Å². The monoisotopic (exact) mass is 440 g/mol. The number of rotatable bonds is 5. The van der Waals surface area contributed by atoms with Crippen LogP contribution in [0.4, 0.5) is 11.4 Å². The molecule has 0 bridgehead atoms. The van der Waals surface area contributed by atoms with Gasteiger partial charge in [-0.2, -0.15) is 0 Å². The van der Waals surface area contributed by atoms with E-state index >= 15 is 0 Å². The molecule has 1 N–H and O–H groups in total. The van der Waals surface area contributed by atoms with Crippen molar-refractivity contribution < 1.29 is 19.1 Å². The van der Waals surface area contributed by atoms with Crippen molar-refractivity contribution >= 4 is 29.3 Å². The molecule has 33 heavy (non-hydrogen) atoms. The number of nitrogens with one attached hydrogen (secondary N) is 1. The number of hydrogen-bond acceptors (Lipinski definition) is 4. The summed E-state index contributed by atoms with van der Waals surface area (Å²) in [7, 11) is 0. The Balaban J connectivity index is 1.28. The highest BCUT2D eigenvalue weighted by atomic mass is 16.5. The zero-order valence-electron chi connectivity index (χ0n) is 18.3. The molecule has 3 aromatic rings. The summed E-state index contributed by atoms with van der Waals surface area (Å²) in [5.41, 5.74) is 4.69. The largest absolute Gasteiger partial charge is 0.490 e. The van der Waals surface area contributed by atoms with Gasteiger partial charge in [-0.25, -0.2) is 0 Å². The fourth-order valence-corrected chi connectivity index (χ4v) is 4.19. The van der Waals surface area contributed by atoms with E-state index in [0.29, 0.717) is 41.5 Å². The molecule has 3 aromatic carbocycles. The molecular weight excluding hydrogens is 416 g/mol. The van der Waals surface area contributed by atoms with Gasteiger partial charge in [0, 0.05) is 29.0 Å². The lowest BCUT2D eigenvalue weighted by Gasteiger charge is -2.20. The molecule has 0 unspecified atom stereocenters. The Morgan fingerprint density at radius 1 is 1.03 bits per heavy atom. The van der Waals surface area contributed by atoms with Crippen LogP contribution in [0.3, 0.4) is 0 Å². The van der Waals surface area contributed by atoms with Crippen molar-refractivity contribution in [2.75, 3.05) is 30.0 Å². The Bertz CT molecular complexity index is 1250. The Morgan fingerprint density at radius 3 is 2.67 bits per heavy atom. The number of para-hydroxylation sites is 2. The standard InChI is InChI=1S/C27H24N2O4/c1-2-32-24-9-5-7-20-16-21(17-33-25(20)24)26(30)28-22-12-10-19(11-13-22)27(31)29-15-14-18-6-3-4-8-23(18)29/h3-13,16H,2,14-15,17H2,1H3,(H,28,30). The minimum Gasteiger partial charge on any atom is -0.490 e. The van der Waals surface area contributed by atoms with Gasteiger partial charge in [0.1, 0.15) is 6.61 Å². The molecule has 166 valence electrons. The predicted molar refractivity (Wildman–Crippen MR) is 128 cm³/mol. The summed E-state index contributed by atoms with van der Waals surface area (Å²) in [5, 5.41) is 2.89. The minimum atomic E-state index is -0.241. The summed E-state index contributed by atoms with van der Waals surface area (Å²) < 4.78 is 11.4. The van der Waals surface area contributed by atoms with E-state index in [-0.39, 0.29) is 18.4 Å². The van der Waals surface area contributed by atoms with Crippen LogP contribution < -0.4 is 19.7 Å².